The van der Waals surface area contributed by atoms with Crippen LogP contribution in [0.15, 0.2) is 54.7 Å². The number of benzene rings is 2. The van der Waals surface area contributed by atoms with Crippen molar-refractivity contribution in [2.45, 2.75) is 66.0 Å². The molecular weight excluding hydrogens is 531 g/mol. The smallest absolute Gasteiger partial charge is 0.332 e. The third kappa shape index (κ3) is 10.4. The molecule has 2 aromatic carbocycles. The molecule has 0 fully saturated rings. The van der Waals surface area contributed by atoms with E-state index >= 15 is 0 Å². The second-order valence-electron chi connectivity index (χ2n) is 11.2. The minimum absolute atomic E-state index is 0.0275. The number of nitrogens with zero attached hydrogens (tertiary/aromatic N) is 3. The summed E-state index contributed by atoms with van der Waals surface area (Å²) < 4.78 is 36.4. The van der Waals surface area contributed by atoms with Crippen molar-refractivity contribution >= 4 is 35.1 Å². The number of hydrogen-bond acceptors (Lipinski definition) is 10. The van der Waals surface area contributed by atoms with E-state index in [4.69, 9.17) is 24.7 Å². The van der Waals surface area contributed by atoms with E-state index in [1.54, 1.807) is 95.0 Å². The first-order valence-corrected chi connectivity index (χ1v) is 13.1. The summed E-state index contributed by atoms with van der Waals surface area (Å²) in [5.74, 6) is -1.66. The summed E-state index contributed by atoms with van der Waals surface area (Å²) in [7, 11) is 0. The Morgan fingerprint density at radius 3 is 1.59 bits per heavy atom. The predicted molar refractivity (Wildman–Crippen MR) is 152 cm³/mol. The molecule has 11 heteroatoms. The van der Waals surface area contributed by atoms with Crippen molar-refractivity contribution in [1.29, 1.82) is 0 Å². The number of anilines is 4. The van der Waals surface area contributed by atoms with Gasteiger partial charge < -0.3 is 24.7 Å². The Morgan fingerprint density at radius 1 is 0.780 bits per heavy atom. The minimum atomic E-state index is -0.659. The number of ether oxygens (including phenoxy) is 4. The van der Waals surface area contributed by atoms with Crippen molar-refractivity contribution in [2.75, 3.05) is 23.8 Å². The maximum Gasteiger partial charge on any atom is 0.332 e. The van der Waals surface area contributed by atoms with Crippen molar-refractivity contribution in [3.63, 3.8) is 0 Å². The van der Waals surface area contributed by atoms with Gasteiger partial charge in [0.15, 0.2) is 11.6 Å². The molecule has 0 unspecified atom stereocenters. The molecule has 0 saturated heterocycles. The molecule has 0 spiro atoms. The van der Waals surface area contributed by atoms with Gasteiger partial charge in [0.1, 0.15) is 24.4 Å². The summed E-state index contributed by atoms with van der Waals surface area (Å²) in [6.07, 6.45) is 1.02. The third-order valence-electron chi connectivity index (χ3n) is 5.16. The molecule has 220 valence electrons. The topological polar surface area (TPSA) is 126 Å². The van der Waals surface area contributed by atoms with Gasteiger partial charge in [0.2, 0.25) is 5.95 Å². The molecule has 0 aliphatic carbocycles. The Morgan fingerprint density at radius 2 is 1.20 bits per heavy atom. The zero-order valence-corrected chi connectivity index (χ0v) is 24.3. The molecule has 3 aromatic rings. The third-order valence-corrected chi connectivity index (χ3v) is 5.16. The van der Waals surface area contributed by atoms with Crippen LogP contribution in [0.2, 0.25) is 0 Å². The maximum atomic E-state index is 14.9. The number of carbonyl (C=O) groups excluding carboxylic acids is 2. The van der Waals surface area contributed by atoms with Crippen LogP contribution in [-0.4, -0.2) is 46.3 Å². The first-order valence-electron chi connectivity index (χ1n) is 13.1. The maximum absolute atomic E-state index is 14.9. The zero-order valence-electron chi connectivity index (χ0n) is 24.3. The highest BCUT2D eigenvalue weighted by atomic mass is 19.1. The highest BCUT2D eigenvalue weighted by Crippen LogP contribution is 2.35. The molecule has 41 heavy (non-hydrogen) atoms. The number of esters is 2. The average Bonchev–Trinajstić information content (AvgIpc) is 2.86. The fourth-order valence-corrected chi connectivity index (χ4v) is 3.65. The van der Waals surface area contributed by atoms with Crippen molar-refractivity contribution in [3.05, 3.63) is 71.7 Å². The lowest BCUT2D eigenvalue weighted by Gasteiger charge is -2.25. The standard InChI is InChI=1S/C30H37FN4O6/c1-29(2,3)40-25(36)18-38-16-20-7-11-22(12-8-20)35(27-24(31)15-33-28(32)34-27)23-13-9-21(10-14-23)17-39-19-26(37)41-30(4,5)6/h7-15H,16-19H2,1-6H3,(H2,32,33,34). The quantitative estimate of drug-likeness (QED) is 0.301. The highest BCUT2D eigenvalue weighted by molar-refractivity contribution is 5.75. The molecule has 2 N–H and O–H groups in total. The fraction of sp³-hybridized carbons (Fsp3) is 0.400. The van der Waals surface area contributed by atoms with Gasteiger partial charge in [-0.2, -0.15) is 4.98 Å². The van der Waals surface area contributed by atoms with Crippen LogP contribution in [0.3, 0.4) is 0 Å². The lowest BCUT2D eigenvalue weighted by Crippen LogP contribution is -2.26. The van der Waals surface area contributed by atoms with E-state index < -0.39 is 29.0 Å². The summed E-state index contributed by atoms with van der Waals surface area (Å²) in [6.45, 7) is 10.8. The molecule has 3 rings (SSSR count). The minimum Gasteiger partial charge on any atom is -0.458 e. The van der Waals surface area contributed by atoms with Gasteiger partial charge in [-0.25, -0.2) is 19.0 Å². The van der Waals surface area contributed by atoms with Crippen LogP contribution in [0.5, 0.6) is 0 Å². The number of hydrogen-bond donors (Lipinski definition) is 1. The van der Waals surface area contributed by atoms with E-state index in [1.165, 1.54) is 0 Å². The summed E-state index contributed by atoms with van der Waals surface area (Å²) in [5, 5.41) is 0. The molecule has 0 bridgehead atoms. The van der Waals surface area contributed by atoms with Crippen LogP contribution in [-0.2, 0) is 41.8 Å². The zero-order chi connectivity index (χ0) is 30.2. The van der Waals surface area contributed by atoms with Gasteiger partial charge in [0.05, 0.1) is 19.4 Å². The second kappa shape index (κ2) is 13.5. The summed E-state index contributed by atoms with van der Waals surface area (Å²) in [4.78, 5) is 33.2. The number of nitrogen functional groups attached to an aromatic ring is 1. The Hall–Kier alpha value is -4.09. The van der Waals surface area contributed by atoms with Gasteiger partial charge in [-0.3, -0.25) is 4.90 Å². The van der Waals surface area contributed by atoms with E-state index in [1.807, 2.05) is 0 Å². The first kappa shape index (κ1) is 31.4. The average molecular weight is 569 g/mol. The molecule has 0 saturated carbocycles. The number of nitrogens with two attached hydrogens (primary N) is 1. The van der Waals surface area contributed by atoms with E-state index in [0.29, 0.717) is 11.4 Å². The predicted octanol–water partition coefficient (Wildman–Crippen LogP) is 5.38. The summed E-state index contributed by atoms with van der Waals surface area (Å²) >= 11 is 0. The van der Waals surface area contributed by atoms with Crippen molar-refractivity contribution in [2.24, 2.45) is 0 Å². The molecule has 0 atom stereocenters. The fourth-order valence-electron chi connectivity index (χ4n) is 3.65. The summed E-state index contributed by atoms with van der Waals surface area (Å²) in [5.41, 5.74) is 7.42. The van der Waals surface area contributed by atoms with E-state index in [2.05, 4.69) is 9.97 Å². The molecule has 0 aliphatic rings. The Balaban J connectivity index is 1.74. The van der Waals surface area contributed by atoms with Crippen LogP contribution >= 0.6 is 0 Å². The molecule has 1 heterocycles. The Kier molecular flexibility index (Phi) is 10.4. The highest BCUT2D eigenvalue weighted by Gasteiger charge is 2.20. The van der Waals surface area contributed by atoms with E-state index in [9.17, 15) is 14.0 Å². The largest absolute Gasteiger partial charge is 0.458 e. The van der Waals surface area contributed by atoms with Gasteiger partial charge in [-0.1, -0.05) is 24.3 Å². The molecular formula is C30H37FN4O6. The first-order chi connectivity index (χ1) is 19.2. The number of halogens is 1. The van der Waals surface area contributed by atoms with Crippen LogP contribution in [0.4, 0.5) is 27.5 Å². The normalized spacial score (nSPS) is 11.7. The lowest BCUT2D eigenvalue weighted by atomic mass is 10.1. The van der Waals surface area contributed by atoms with Crippen LogP contribution < -0.4 is 10.6 Å². The van der Waals surface area contributed by atoms with Gasteiger partial charge in [0, 0.05) is 11.4 Å². The Bertz CT molecular complexity index is 1240. The molecule has 10 nitrogen and oxygen atoms in total. The van der Waals surface area contributed by atoms with E-state index in [0.717, 1.165) is 17.3 Å². The summed E-state index contributed by atoms with van der Waals surface area (Å²) in [6, 6.07) is 14.3. The van der Waals surface area contributed by atoms with Crippen LogP contribution in [0, 0.1) is 5.82 Å². The molecule has 0 aliphatic heterocycles. The van der Waals surface area contributed by atoms with Gasteiger partial charge in [0.25, 0.3) is 0 Å². The lowest BCUT2D eigenvalue weighted by molar-refractivity contribution is -0.161. The van der Waals surface area contributed by atoms with Gasteiger partial charge >= 0.3 is 11.9 Å². The Labute approximate surface area is 239 Å². The molecule has 1 aromatic heterocycles. The SMILES string of the molecule is CC(C)(C)OC(=O)COCc1ccc(N(c2ccc(COCC(=O)OC(C)(C)C)cc2)c2nc(N)ncc2F)cc1. The number of rotatable bonds is 11. The second-order valence-corrected chi connectivity index (χ2v) is 11.2. The van der Waals surface area contributed by atoms with E-state index in [-0.39, 0.29) is 38.2 Å². The molecule has 0 amide bonds. The van der Waals surface area contributed by atoms with Gasteiger partial charge in [-0.05, 0) is 76.9 Å². The molecule has 0 radical (unpaired) electrons. The van der Waals surface area contributed by atoms with Crippen molar-refractivity contribution < 1.29 is 32.9 Å². The number of aromatic nitrogens is 2. The van der Waals surface area contributed by atoms with Crippen molar-refractivity contribution in [1.82, 2.24) is 9.97 Å². The monoisotopic (exact) mass is 568 g/mol. The van der Waals surface area contributed by atoms with Crippen LogP contribution in [0.25, 0.3) is 0 Å². The van der Waals surface area contributed by atoms with Crippen LogP contribution in [0.1, 0.15) is 52.7 Å². The van der Waals surface area contributed by atoms with Crippen molar-refractivity contribution in [3.8, 4) is 0 Å². The number of carbonyl (C=O) groups is 2. The van der Waals surface area contributed by atoms with Gasteiger partial charge in [-0.15, -0.1) is 0 Å².